The molecule has 2 nitrogen and oxygen atoms in total. The van der Waals surface area contributed by atoms with E-state index in [1.54, 1.807) is 6.20 Å². The van der Waals surface area contributed by atoms with E-state index < -0.39 is 0 Å². The van der Waals surface area contributed by atoms with Crippen molar-refractivity contribution in [3.8, 4) is 27.8 Å². The first-order valence-corrected chi connectivity index (χ1v) is 6.68. The first-order chi connectivity index (χ1) is 10.3. The predicted molar refractivity (Wildman–Crippen MR) is 85.8 cm³/mol. The minimum absolute atomic E-state index is 0. The summed E-state index contributed by atoms with van der Waals surface area (Å²) in [6.45, 7) is 0. The molecule has 0 aliphatic carbocycles. The summed E-state index contributed by atoms with van der Waals surface area (Å²) in [7, 11) is 0. The molecule has 0 atom stereocenters. The van der Waals surface area contributed by atoms with Crippen LogP contribution in [0.4, 0.5) is 0 Å². The van der Waals surface area contributed by atoms with E-state index in [1.165, 1.54) is 5.40 Å². The van der Waals surface area contributed by atoms with Crippen molar-refractivity contribution < 1.29 is 16.5 Å². The van der Waals surface area contributed by atoms with E-state index >= 15 is 0 Å². The van der Waals surface area contributed by atoms with Crippen molar-refractivity contribution >= 4 is 12.6 Å². The summed E-state index contributed by atoms with van der Waals surface area (Å²) < 4.78 is 0. The minimum atomic E-state index is 0. The van der Waals surface area contributed by atoms with Gasteiger partial charge in [-0.15, -0.1) is 23.8 Å². The van der Waals surface area contributed by atoms with E-state index in [2.05, 4.69) is 29.7 Å². The van der Waals surface area contributed by atoms with Gasteiger partial charge in [0.15, 0.2) is 0 Å². The van der Waals surface area contributed by atoms with Crippen molar-refractivity contribution in [2.75, 3.05) is 0 Å². The maximum absolute atomic E-state index is 7.13. The molecule has 0 spiro atoms. The Kier molecular flexibility index (Phi) is 7.85. The topological polar surface area (TPSA) is 36.7 Å². The molecule has 1 heterocycles. The van der Waals surface area contributed by atoms with Gasteiger partial charge < -0.3 is 12.6 Å². The molecular formula is C18H11N2NiS. The van der Waals surface area contributed by atoms with Crippen LogP contribution in [0.15, 0.2) is 66.9 Å². The van der Waals surface area contributed by atoms with Crippen LogP contribution in [-0.4, -0.2) is 4.98 Å². The van der Waals surface area contributed by atoms with Gasteiger partial charge in [0.2, 0.25) is 0 Å². The number of nitriles is 1. The molecule has 1 aromatic heterocycles. The second-order valence-electron chi connectivity index (χ2n) is 4.06. The zero-order valence-corrected chi connectivity index (χ0v) is 13.3. The fourth-order valence-electron chi connectivity index (χ4n) is 1.86. The predicted octanol–water partition coefficient (Wildman–Crippen LogP) is 4.03. The van der Waals surface area contributed by atoms with E-state index in [9.17, 15) is 0 Å². The Morgan fingerprint density at radius 2 is 1.59 bits per heavy atom. The van der Waals surface area contributed by atoms with E-state index in [1.807, 2.05) is 60.7 Å². The molecule has 0 saturated carbocycles. The molecule has 0 aliphatic heterocycles. The molecule has 0 saturated heterocycles. The summed E-state index contributed by atoms with van der Waals surface area (Å²) in [6.07, 6.45) is 1.80. The van der Waals surface area contributed by atoms with Crippen molar-refractivity contribution in [1.29, 1.82) is 5.26 Å². The quantitative estimate of drug-likeness (QED) is 0.304. The second kappa shape index (κ2) is 9.68. The van der Waals surface area contributed by atoms with Gasteiger partial charge in [-0.05, 0) is 6.07 Å². The Morgan fingerprint density at radius 1 is 0.909 bits per heavy atom. The summed E-state index contributed by atoms with van der Waals surface area (Å²) in [5.41, 5.74) is 4.04. The van der Waals surface area contributed by atoms with Gasteiger partial charge in [0.1, 0.15) is 0 Å². The number of nitrogens with zero attached hydrogens (tertiary/aromatic N) is 2. The maximum atomic E-state index is 7.13. The molecule has 2 aromatic carbocycles. The van der Waals surface area contributed by atoms with Crippen molar-refractivity contribution in [2.45, 2.75) is 0 Å². The molecule has 0 N–H and O–H groups in total. The van der Waals surface area contributed by atoms with Crippen LogP contribution in [0, 0.1) is 22.8 Å². The largest absolute Gasteiger partial charge is 3.00 e. The number of aromatic nitrogens is 1. The van der Waals surface area contributed by atoms with Crippen molar-refractivity contribution in [3.63, 3.8) is 0 Å². The van der Waals surface area contributed by atoms with Crippen molar-refractivity contribution in [2.24, 2.45) is 0 Å². The van der Waals surface area contributed by atoms with Gasteiger partial charge in [-0.3, -0.25) is 4.98 Å². The zero-order valence-electron chi connectivity index (χ0n) is 11.5. The van der Waals surface area contributed by atoms with Crippen LogP contribution < -0.4 is 0 Å². The maximum Gasteiger partial charge on any atom is 3.00 e. The monoisotopic (exact) mass is 345 g/mol. The third kappa shape index (κ3) is 4.96. The standard InChI is InChI=1S/C17H11N.CHNS.Ni/c1-2-7-14(8-3-1)15-9-6-10-16(13-15)17-11-4-5-12-18-17;2-1-3;/h1-7,9-12H;3H;/q-2;;+3/p-1. The van der Waals surface area contributed by atoms with Crippen molar-refractivity contribution in [1.82, 2.24) is 4.98 Å². The molecule has 1 radical (unpaired) electrons. The third-order valence-electron chi connectivity index (χ3n) is 2.74. The SMILES string of the molecule is N#C[S-].[Ni+3].[c-]1ccccc1-c1[c-]c(-c2ccccn2)ccc1. The van der Waals surface area contributed by atoms with E-state index in [0.717, 1.165) is 22.4 Å². The van der Waals surface area contributed by atoms with Gasteiger partial charge in [-0.25, -0.2) is 10.8 Å². The fraction of sp³-hybridized carbons (Fsp3) is 0. The van der Waals surface area contributed by atoms with Crippen LogP contribution >= 0.6 is 0 Å². The van der Waals surface area contributed by atoms with Crippen LogP contribution in [-0.2, 0) is 29.1 Å². The molecule has 4 heteroatoms. The van der Waals surface area contributed by atoms with Gasteiger partial charge in [-0.1, -0.05) is 17.5 Å². The second-order valence-corrected chi connectivity index (χ2v) is 4.24. The summed E-state index contributed by atoms with van der Waals surface area (Å²) in [5, 5.41) is 8.47. The average Bonchev–Trinajstić information content (AvgIpc) is 2.57. The molecule has 3 rings (SSSR count). The molecule has 0 unspecified atom stereocenters. The average molecular weight is 346 g/mol. The normalized spacial score (nSPS) is 8.68. The summed E-state index contributed by atoms with van der Waals surface area (Å²) >= 11 is 3.70. The Labute approximate surface area is 146 Å². The molecule has 0 fully saturated rings. The Bertz CT molecular complexity index is 670. The Hall–Kier alpha value is -2.21. The number of hydrogen-bond donors (Lipinski definition) is 0. The van der Waals surface area contributed by atoms with Crippen LogP contribution in [0.1, 0.15) is 0 Å². The third-order valence-corrected chi connectivity index (χ3v) is 2.74. The summed E-state index contributed by atoms with van der Waals surface area (Å²) in [4.78, 5) is 4.34. The molecule has 3 aromatic rings. The van der Waals surface area contributed by atoms with Gasteiger partial charge in [0.25, 0.3) is 0 Å². The van der Waals surface area contributed by atoms with Crippen LogP contribution in [0.2, 0.25) is 0 Å². The first-order valence-electron chi connectivity index (χ1n) is 6.27. The van der Waals surface area contributed by atoms with Crippen LogP contribution in [0.5, 0.6) is 0 Å². The number of rotatable bonds is 2. The Balaban J connectivity index is 0.000000562. The Morgan fingerprint density at radius 3 is 2.23 bits per heavy atom. The zero-order chi connectivity index (χ0) is 14.9. The molecule has 0 amide bonds. The minimum Gasteiger partial charge on any atom is -0.696 e. The number of hydrogen-bond acceptors (Lipinski definition) is 3. The van der Waals surface area contributed by atoms with Crippen LogP contribution in [0.25, 0.3) is 22.4 Å². The number of pyridine rings is 1. The molecule has 0 bridgehead atoms. The van der Waals surface area contributed by atoms with E-state index in [4.69, 9.17) is 5.26 Å². The van der Waals surface area contributed by atoms with E-state index in [0.29, 0.717) is 0 Å². The smallest absolute Gasteiger partial charge is 0.696 e. The van der Waals surface area contributed by atoms with Crippen molar-refractivity contribution in [3.05, 3.63) is 79.0 Å². The van der Waals surface area contributed by atoms with E-state index in [-0.39, 0.29) is 16.5 Å². The van der Waals surface area contributed by atoms with Gasteiger partial charge in [0.05, 0.1) is 0 Å². The first kappa shape index (κ1) is 17.8. The fourth-order valence-corrected chi connectivity index (χ4v) is 1.86. The van der Waals surface area contributed by atoms with Gasteiger partial charge >= 0.3 is 16.5 Å². The summed E-state index contributed by atoms with van der Waals surface area (Å²) in [5.74, 6) is 0. The number of thiocyanates is 1. The molecule has 109 valence electrons. The molecular weight excluding hydrogens is 335 g/mol. The molecule has 22 heavy (non-hydrogen) atoms. The summed E-state index contributed by atoms with van der Waals surface area (Å²) in [6, 6.07) is 26.5. The van der Waals surface area contributed by atoms with Gasteiger partial charge in [-0.2, -0.15) is 42.0 Å². The van der Waals surface area contributed by atoms with Gasteiger partial charge in [0, 0.05) is 11.9 Å². The van der Waals surface area contributed by atoms with Crippen LogP contribution in [0.3, 0.4) is 0 Å². The number of benzene rings is 2. The molecule has 0 aliphatic rings.